The number of carbonyl (C=O) groups is 1. The minimum atomic E-state index is -3.12. The molecule has 33 heavy (non-hydrogen) atoms. The van der Waals surface area contributed by atoms with Crippen LogP contribution in [0.25, 0.3) is 0 Å². The van der Waals surface area contributed by atoms with Crippen LogP contribution in [0.2, 0.25) is 0 Å². The maximum Gasteiger partial charge on any atom is 0.306 e. The standard InChI is InChI=1S/C25H36N2O5S/c1-5-6-13-25(2)17-27(19-10-8-7-9-11-19)21-15-20(26(3)4)22(32-14-12-24(28)29)16-23(21)33(30,31)18-25/h7-11,15-16,30-31H,5-6,12-14,17-18H2,1-4H3,(H,28,29). The van der Waals surface area contributed by atoms with Gasteiger partial charge in [0.15, 0.2) is 0 Å². The molecule has 8 heteroatoms. The summed E-state index contributed by atoms with van der Waals surface area (Å²) in [5.74, 6) is -0.223. The molecule has 0 amide bonds. The van der Waals surface area contributed by atoms with Crippen molar-refractivity contribution >= 4 is 33.6 Å². The maximum atomic E-state index is 11.4. The normalized spacial score (nSPS) is 20.5. The summed E-state index contributed by atoms with van der Waals surface area (Å²) in [7, 11) is 0.655. The summed E-state index contributed by atoms with van der Waals surface area (Å²) in [6.07, 6.45) is 2.81. The van der Waals surface area contributed by atoms with Gasteiger partial charge in [-0.25, -0.2) is 0 Å². The lowest BCUT2D eigenvalue weighted by Crippen LogP contribution is -2.35. The summed E-state index contributed by atoms with van der Waals surface area (Å²) in [4.78, 5) is 15.5. The quantitative estimate of drug-likeness (QED) is 0.405. The van der Waals surface area contributed by atoms with E-state index in [1.807, 2.05) is 55.4 Å². The predicted octanol–water partition coefficient (Wildman–Crippen LogP) is 6.06. The highest BCUT2D eigenvalue weighted by molar-refractivity contribution is 8.24. The Labute approximate surface area is 198 Å². The molecule has 1 aliphatic rings. The first-order valence-corrected chi connectivity index (χ1v) is 13.1. The fraction of sp³-hybridized carbons (Fsp3) is 0.480. The number of benzene rings is 2. The first kappa shape index (κ1) is 25.2. The maximum absolute atomic E-state index is 11.4. The van der Waals surface area contributed by atoms with Crippen molar-refractivity contribution in [3.63, 3.8) is 0 Å². The lowest BCUT2D eigenvalue weighted by molar-refractivity contribution is -0.137. The number of hydrogen-bond acceptors (Lipinski definition) is 6. The lowest BCUT2D eigenvalue weighted by Gasteiger charge is -2.39. The second kappa shape index (κ2) is 10.2. The van der Waals surface area contributed by atoms with E-state index < -0.39 is 16.6 Å². The van der Waals surface area contributed by atoms with Gasteiger partial charge in [0.1, 0.15) is 5.75 Å². The van der Waals surface area contributed by atoms with Crippen LogP contribution < -0.4 is 14.5 Å². The zero-order chi connectivity index (χ0) is 24.2. The predicted molar refractivity (Wildman–Crippen MR) is 136 cm³/mol. The summed E-state index contributed by atoms with van der Waals surface area (Å²) in [6.45, 7) is 4.94. The van der Waals surface area contributed by atoms with E-state index in [4.69, 9.17) is 9.84 Å². The van der Waals surface area contributed by atoms with E-state index in [9.17, 15) is 13.9 Å². The topological polar surface area (TPSA) is 93.5 Å². The summed E-state index contributed by atoms with van der Waals surface area (Å²) in [5, 5.41) is 9.00. The first-order valence-electron chi connectivity index (χ1n) is 11.3. The number of fused-ring (bicyclic) bond motifs is 1. The Hall–Kier alpha value is -2.42. The molecule has 1 aliphatic heterocycles. The fourth-order valence-corrected chi connectivity index (χ4v) is 6.56. The van der Waals surface area contributed by atoms with Gasteiger partial charge in [-0.1, -0.05) is 44.9 Å². The highest BCUT2D eigenvalue weighted by Crippen LogP contribution is 2.61. The van der Waals surface area contributed by atoms with E-state index in [1.54, 1.807) is 6.07 Å². The molecule has 2 aromatic rings. The summed E-state index contributed by atoms with van der Waals surface area (Å²) >= 11 is 0. The molecule has 1 atom stereocenters. The Morgan fingerprint density at radius 2 is 1.91 bits per heavy atom. The number of carboxylic acid groups (broad SMARTS) is 1. The smallest absolute Gasteiger partial charge is 0.306 e. The van der Waals surface area contributed by atoms with Gasteiger partial charge >= 0.3 is 5.97 Å². The van der Waals surface area contributed by atoms with Crippen molar-refractivity contribution in [2.75, 3.05) is 42.8 Å². The minimum absolute atomic E-state index is 0.00473. The highest BCUT2D eigenvalue weighted by atomic mass is 32.3. The molecule has 3 N–H and O–H groups in total. The van der Waals surface area contributed by atoms with E-state index in [0.29, 0.717) is 17.2 Å². The van der Waals surface area contributed by atoms with Crippen molar-refractivity contribution in [1.82, 2.24) is 0 Å². The van der Waals surface area contributed by atoms with Crippen molar-refractivity contribution in [3.8, 4) is 5.75 Å². The van der Waals surface area contributed by atoms with Crippen LogP contribution in [0, 0.1) is 5.41 Å². The van der Waals surface area contributed by atoms with E-state index >= 15 is 0 Å². The number of ether oxygens (including phenoxy) is 1. The molecule has 7 nitrogen and oxygen atoms in total. The molecule has 182 valence electrons. The molecule has 0 aromatic heterocycles. The van der Waals surface area contributed by atoms with Crippen LogP contribution in [0.1, 0.15) is 39.5 Å². The lowest BCUT2D eigenvalue weighted by atomic mass is 9.86. The van der Waals surface area contributed by atoms with Crippen molar-refractivity contribution in [2.45, 2.75) is 44.4 Å². The molecule has 2 aromatic carbocycles. The molecule has 3 rings (SSSR count). The van der Waals surface area contributed by atoms with Crippen LogP contribution in [0.5, 0.6) is 5.75 Å². The van der Waals surface area contributed by atoms with E-state index in [1.165, 1.54) is 0 Å². The van der Waals surface area contributed by atoms with Gasteiger partial charge in [0.25, 0.3) is 0 Å². The molecule has 1 unspecified atom stereocenters. The number of rotatable bonds is 9. The SMILES string of the molecule is CCCCC1(C)CN(c2ccccc2)c2cc(N(C)C)c(OCCC(=O)O)cc2S(O)(O)C1. The van der Waals surface area contributed by atoms with Crippen LogP contribution >= 0.6 is 10.6 Å². The summed E-state index contributed by atoms with van der Waals surface area (Å²) in [6, 6.07) is 13.6. The van der Waals surface area contributed by atoms with E-state index in [2.05, 4.69) is 18.7 Å². The summed E-state index contributed by atoms with van der Waals surface area (Å²) in [5.41, 5.74) is 2.19. The third-order valence-corrected chi connectivity index (χ3v) is 8.16. The molecular weight excluding hydrogens is 440 g/mol. The molecule has 0 bridgehead atoms. The average molecular weight is 477 g/mol. The number of hydrogen-bond donors (Lipinski definition) is 3. The van der Waals surface area contributed by atoms with Gasteiger partial charge in [-0.2, -0.15) is 10.6 Å². The average Bonchev–Trinajstić information content (AvgIpc) is 2.84. The Bertz CT molecular complexity index is 967. The molecule has 0 radical (unpaired) electrons. The molecular formula is C25H36N2O5S. The molecule has 0 saturated carbocycles. The first-order chi connectivity index (χ1) is 15.6. The monoisotopic (exact) mass is 476 g/mol. The third-order valence-electron chi connectivity index (χ3n) is 6.03. The van der Waals surface area contributed by atoms with Crippen LogP contribution in [0.3, 0.4) is 0 Å². The Morgan fingerprint density at radius 3 is 2.52 bits per heavy atom. The van der Waals surface area contributed by atoms with Crippen molar-refractivity contribution < 1.29 is 23.7 Å². The largest absolute Gasteiger partial charge is 0.491 e. The van der Waals surface area contributed by atoms with Gasteiger partial charge in [0, 0.05) is 43.6 Å². The minimum Gasteiger partial charge on any atom is -0.491 e. The number of carboxylic acids is 1. The zero-order valence-electron chi connectivity index (χ0n) is 20.0. The van der Waals surface area contributed by atoms with Gasteiger partial charge in [-0.15, -0.1) is 0 Å². The van der Waals surface area contributed by atoms with Gasteiger partial charge in [-0.3, -0.25) is 13.9 Å². The van der Waals surface area contributed by atoms with Crippen molar-refractivity contribution in [1.29, 1.82) is 0 Å². The van der Waals surface area contributed by atoms with Gasteiger partial charge in [-0.05, 0) is 24.6 Å². The Balaban J connectivity index is 2.17. The van der Waals surface area contributed by atoms with E-state index in [-0.39, 0.29) is 24.2 Å². The van der Waals surface area contributed by atoms with E-state index in [0.717, 1.165) is 36.3 Å². The highest BCUT2D eigenvalue weighted by Gasteiger charge is 2.40. The molecule has 0 saturated heterocycles. The Kier molecular flexibility index (Phi) is 7.82. The number of aliphatic carboxylic acids is 1. The molecule has 0 fully saturated rings. The Morgan fingerprint density at radius 1 is 1.21 bits per heavy atom. The van der Waals surface area contributed by atoms with Gasteiger partial charge in [0.05, 0.1) is 29.3 Å². The number of nitrogens with zero attached hydrogens (tertiary/aromatic N) is 2. The molecule has 1 heterocycles. The summed E-state index contributed by atoms with van der Waals surface area (Å²) < 4.78 is 28.7. The van der Waals surface area contributed by atoms with Crippen LogP contribution in [-0.4, -0.2) is 53.2 Å². The number of para-hydroxylation sites is 1. The van der Waals surface area contributed by atoms with Crippen molar-refractivity contribution in [2.24, 2.45) is 5.41 Å². The number of unbranched alkanes of at least 4 members (excludes halogenated alkanes) is 1. The van der Waals surface area contributed by atoms with Crippen LogP contribution in [0.15, 0.2) is 47.4 Å². The zero-order valence-corrected chi connectivity index (χ0v) is 20.8. The second-order valence-corrected chi connectivity index (χ2v) is 11.4. The molecule has 0 aliphatic carbocycles. The third kappa shape index (κ3) is 5.93. The second-order valence-electron chi connectivity index (χ2n) is 9.32. The van der Waals surface area contributed by atoms with Crippen LogP contribution in [0.4, 0.5) is 17.1 Å². The molecule has 0 spiro atoms. The fourth-order valence-electron chi connectivity index (χ4n) is 4.39. The van der Waals surface area contributed by atoms with Crippen molar-refractivity contribution in [3.05, 3.63) is 42.5 Å². The van der Waals surface area contributed by atoms with Gasteiger partial charge in [0.2, 0.25) is 0 Å². The number of anilines is 3. The van der Waals surface area contributed by atoms with Crippen LogP contribution in [-0.2, 0) is 4.79 Å². The van der Waals surface area contributed by atoms with Gasteiger partial charge < -0.3 is 19.6 Å².